The summed E-state index contributed by atoms with van der Waals surface area (Å²) >= 11 is 0. The summed E-state index contributed by atoms with van der Waals surface area (Å²) < 4.78 is 55.9. The first-order chi connectivity index (χ1) is 18.4. The maximum Gasteiger partial charge on any atom is 0.338 e. The Balaban J connectivity index is 0.00000195. The van der Waals surface area contributed by atoms with E-state index in [1.807, 2.05) is 43.5 Å². The third-order valence-corrected chi connectivity index (χ3v) is 5.83. The fourth-order valence-electron chi connectivity index (χ4n) is 4.10. The van der Waals surface area contributed by atoms with Crippen molar-refractivity contribution < 1.29 is 27.4 Å². The van der Waals surface area contributed by atoms with E-state index in [4.69, 9.17) is 9.47 Å². The third-order valence-electron chi connectivity index (χ3n) is 5.83. The summed E-state index contributed by atoms with van der Waals surface area (Å²) in [4.78, 5) is 12.3. The molecule has 0 saturated carbocycles. The first-order valence-electron chi connectivity index (χ1n) is 12.6. The second kappa shape index (κ2) is 13.6. The summed E-state index contributed by atoms with van der Waals surface area (Å²) in [6.45, 7) is 7.74. The lowest BCUT2D eigenvalue weighted by atomic mass is 10.0. The molecule has 0 aliphatic heterocycles. The van der Waals surface area contributed by atoms with Gasteiger partial charge in [-0.2, -0.15) is 0 Å². The predicted molar refractivity (Wildman–Crippen MR) is 145 cm³/mol. The zero-order valence-corrected chi connectivity index (χ0v) is 22.0. The monoisotopic (exact) mass is 523 g/mol. The summed E-state index contributed by atoms with van der Waals surface area (Å²) in [5.74, 6) is -3.69. The topological polar surface area (TPSA) is 40.5 Å². The van der Waals surface area contributed by atoms with Crippen molar-refractivity contribution in [2.75, 3.05) is 13.2 Å². The van der Waals surface area contributed by atoms with Crippen LogP contribution in [0.5, 0.6) is 0 Å². The van der Waals surface area contributed by atoms with E-state index in [-0.39, 0.29) is 13.2 Å². The van der Waals surface area contributed by atoms with Crippen molar-refractivity contribution in [3.05, 3.63) is 119 Å². The van der Waals surface area contributed by atoms with Crippen LogP contribution in [0.2, 0.25) is 0 Å². The highest BCUT2D eigenvalue weighted by atomic mass is 19.2. The van der Waals surface area contributed by atoms with Crippen LogP contribution in [0.3, 0.4) is 0 Å². The molecule has 2 unspecified atom stereocenters. The van der Waals surface area contributed by atoms with E-state index in [1.54, 1.807) is 37.3 Å². The van der Waals surface area contributed by atoms with Gasteiger partial charge in [0.05, 0.1) is 30.4 Å². The van der Waals surface area contributed by atoms with Crippen LogP contribution in [0, 0.1) is 12.8 Å². The number of nitrogens with zero attached hydrogens (tertiary/aromatic N) is 1. The lowest BCUT2D eigenvalue weighted by molar-refractivity contribution is 0.0526. The molecule has 0 N–H and O–H groups in total. The average molecular weight is 524 g/mol. The van der Waals surface area contributed by atoms with Crippen molar-refractivity contribution in [3.8, 4) is 5.69 Å². The average Bonchev–Trinajstić information content (AvgIpc) is 3.11. The molecule has 1 aromatic heterocycles. The molecule has 0 bridgehead atoms. The Morgan fingerprint density at radius 2 is 1.82 bits per heavy atom. The van der Waals surface area contributed by atoms with Crippen molar-refractivity contribution >= 4 is 11.5 Å². The maximum atomic E-state index is 14.6. The summed E-state index contributed by atoms with van der Waals surface area (Å²) in [6.07, 6.45) is 10.7. The van der Waals surface area contributed by atoms with Crippen LogP contribution < -0.4 is 0 Å². The molecular formula is C31H32F3NO3. The molecule has 2 atom stereocenters. The Labute approximate surface area is 221 Å². The third kappa shape index (κ3) is 6.72. The van der Waals surface area contributed by atoms with Gasteiger partial charge >= 0.3 is 5.97 Å². The number of hydrogen-bond acceptors (Lipinski definition) is 3. The quantitative estimate of drug-likeness (QED) is 0.345. The lowest BCUT2D eigenvalue weighted by Crippen LogP contribution is -2.19. The van der Waals surface area contributed by atoms with Crippen molar-refractivity contribution in [3.63, 3.8) is 0 Å². The summed E-state index contributed by atoms with van der Waals surface area (Å²) in [5.41, 5.74) is 3.04. The van der Waals surface area contributed by atoms with E-state index in [9.17, 15) is 18.0 Å². The number of aromatic nitrogens is 1. The van der Waals surface area contributed by atoms with Gasteiger partial charge in [0.1, 0.15) is 17.8 Å². The number of ether oxygens (including phenoxy) is 2. The van der Waals surface area contributed by atoms with Crippen LogP contribution in [0.15, 0.2) is 102 Å². The molecule has 0 radical (unpaired) electrons. The van der Waals surface area contributed by atoms with Crippen molar-refractivity contribution in [2.24, 2.45) is 5.92 Å². The first-order valence-corrected chi connectivity index (χ1v) is 12.6. The zero-order chi connectivity index (χ0) is 27.7. The van der Waals surface area contributed by atoms with Gasteiger partial charge in [-0.25, -0.2) is 18.0 Å². The standard InChI is InChI=1S/C29H26F3NO3.C2H6/c1-3-35-29(34)20-9-6-11-23(16-20)33-19(2)14-15-26(33)24-17-22(30)10-7-13-27(24)36-18-21-8-4-5-12-25(31)28(21)32;1-2/h4-17,21,27H,3,18H2,1-2H3;1-2H3. The molecule has 4 rings (SSSR count). The fourth-order valence-corrected chi connectivity index (χ4v) is 4.10. The Morgan fingerprint density at radius 1 is 1.03 bits per heavy atom. The highest BCUT2D eigenvalue weighted by Gasteiger charge is 2.24. The summed E-state index contributed by atoms with van der Waals surface area (Å²) in [7, 11) is 0. The minimum atomic E-state index is -0.945. The van der Waals surface area contributed by atoms with Gasteiger partial charge in [-0.1, -0.05) is 50.3 Å². The Kier molecular flexibility index (Phi) is 10.3. The number of aryl methyl sites for hydroxylation is 1. The van der Waals surface area contributed by atoms with E-state index in [0.29, 0.717) is 22.5 Å². The zero-order valence-electron chi connectivity index (χ0n) is 22.0. The van der Waals surface area contributed by atoms with Gasteiger partial charge in [-0.15, -0.1) is 0 Å². The number of esters is 1. The van der Waals surface area contributed by atoms with Gasteiger partial charge in [0.25, 0.3) is 0 Å². The molecule has 0 saturated heterocycles. The second-order valence-corrected chi connectivity index (χ2v) is 8.30. The highest BCUT2D eigenvalue weighted by Crippen LogP contribution is 2.32. The molecule has 0 spiro atoms. The summed E-state index contributed by atoms with van der Waals surface area (Å²) in [6, 6.07) is 10.7. The number of hydrogen-bond donors (Lipinski definition) is 0. The molecule has 2 aliphatic carbocycles. The number of carbonyl (C=O) groups excluding carboxylic acids is 1. The molecule has 200 valence electrons. The number of allylic oxidation sites excluding steroid dienone is 8. The molecule has 1 aromatic carbocycles. The molecule has 2 aliphatic rings. The largest absolute Gasteiger partial charge is 0.462 e. The van der Waals surface area contributed by atoms with Crippen LogP contribution >= 0.6 is 0 Å². The van der Waals surface area contributed by atoms with Gasteiger partial charge in [-0.3, -0.25) is 0 Å². The highest BCUT2D eigenvalue weighted by molar-refractivity contribution is 5.90. The Morgan fingerprint density at radius 3 is 2.58 bits per heavy atom. The van der Waals surface area contributed by atoms with Gasteiger partial charge in [0, 0.05) is 17.0 Å². The SMILES string of the molecule is CC.CCOC(=O)c1cccc(-n2c(C)ccc2C2=CC(F)=CC=CC2OCC2C=CC=CC(F)=C2F)c1. The normalized spacial score (nSPS) is 18.7. The van der Waals surface area contributed by atoms with Crippen LogP contribution in [-0.2, 0) is 9.47 Å². The Bertz CT molecular complexity index is 1330. The summed E-state index contributed by atoms with van der Waals surface area (Å²) in [5, 5.41) is 0. The second-order valence-electron chi connectivity index (χ2n) is 8.30. The minimum Gasteiger partial charge on any atom is -0.462 e. The van der Waals surface area contributed by atoms with E-state index >= 15 is 0 Å². The molecule has 2 aromatic rings. The van der Waals surface area contributed by atoms with E-state index in [0.717, 1.165) is 11.8 Å². The van der Waals surface area contributed by atoms with Crippen molar-refractivity contribution in [1.29, 1.82) is 0 Å². The molecule has 0 amide bonds. The van der Waals surface area contributed by atoms with E-state index in [1.165, 1.54) is 30.4 Å². The van der Waals surface area contributed by atoms with E-state index < -0.39 is 35.5 Å². The fraction of sp³-hybridized carbons (Fsp3) is 0.258. The van der Waals surface area contributed by atoms with Gasteiger partial charge in [-0.05, 0) is 62.4 Å². The van der Waals surface area contributed by atoms with Crippen molar-refractivity contribution in [1.82, 2.24) is 4.57 Å². The first kappa shape index (κ1) is 28.7. The van der Waals surface area contributed by atoms with Crippen LogP contribution in [-0.4, -0.2) is 29.9 Å². The van der Waals surface area contributed by atoms with Gasteiger partial charge in [0.2, 0.25) is 0 Å². The van der Waals surface area contributed by atoms with Crippen LogP contribution in [0.1, 0.15) is 42.5 Å². The maximum absolute atomic E-state index is 14.6. The molecule has 38 heavy (non-hydrogen) atoms. The van der Waals surface area contributed by atoms with Gasteiger partial charge < -0.3 is 14.0 Å². The van der Waals surface area contributed by atoms with Crippen LogP contribution in [0.4, 0.5) is 13.2 Å². The number of carbonyl (C=O) groups is 1. The molecule has 0 fully saturated rings. The predicted octanol–water partition coefficient (Wildman–Crippen LogP) is 8.07. The number of rotatable bonds is 7. The number of halogens is 3. The minimum absolute atomic E-state index is 0.149. The molecule has 7 heteroatoms. The number of benzene rings is 1. The Hall–Kier alpha value is -3.84. The molecule has 1 heterocycles. The van der Waals surface area contributed by atoms with Crippen LogP contribution in [0.25, 0.3) is 11.3 Å². The molecule has 4 nitrogen and oxygen atoms in total. The van der Waals surface area contributed by atoms with Crippen molar-refractivity contribution in [2.45, 2.75) is 33.8 Å². The molecular weight excluding hydrogens is 491 g/mol. The van der Waals surface area contributed by atoms with Gasteiger partial charge in [0.15, 0.2) is 5.83 Å². The lowest BCUT2D eigenvalue weighted by Gasteiger charge is -2.22. The van der Waals surface area contributed by atoms with E-state index in [2.05, 4.69) is 0 Å². The smallest absolute Gasteiger partial charge is 0.338 e.